The minimum atomic E-state index is -0.0427. The third kappa shape index (κ3) is 6.11. The minimum Gasteiger partial charge on any atom is -0.380 e. The van der Waals surface area contributed by atoms with Gasteiger partial charge in [-0.1, -0.05) is 27.7 Å². The Labute approximate surface area is 87.0 Å². The molecule has 0 aromatic carbocycles. The third-order valence-corrected chi connectivity index (χ3v) is 2.30. The van der Waals surface area contributed by atoms with E-state index in [1.165, 1.54) is 0 Å². The maximum absolute atomic E-state index is 10.4. The summed E-state index contributed by atoms with van der Waals surface area (Å²) in [4.78, 5) is 10.4. The molecule has 3 N–H and O–H groups in total. The summed E-state index contributed by atoms with van der Waals surface area (Å²) in [6.07, 6.45) is 1.51. The summed E-state index contributed by atoms with van der Waals surface area (Å²) in [6.45, 7) is 10.5. The van der Waals surface area contributed by atoms with E-state index in [-0.39, 0.29) is 10.8 Å². The highest BCUT2D eigenvalue weighted by molar-refractivity contribution is 5.50. The number of aldehydes is 1. The molecule has 0 saturated carbocycles. The zero-order chi connectivity index (χ0) is 11.2. The Bertz CT molecular complexity index is 176. The zero-order valence-corrected chi connectivity index (χ0v) is 9.93. The van der Waals surface area contributed by atoms with Gasteiger partial charge in [0.05, 0.1) is 19.8 Å². The summed E-state index contributed by atoms with van der Waals surface area (Å²) in [5.74, 6) is 0. The predicted octanol–water partition coefficient (Wildman–Crippen LogP) is 0.886. The van der Waals surface area contributed by atoms with E-state index >= 15 is 0 Å². The van der Waals surface area contributed by atoms with Crippen molar-refractivity contribution in [2.24, 2.45) is 10.8 Å². The summed E-state index contributed by atoms with van der Waals surface area (Å²) in [6, 6.07) is 0. The van der Waals surface area contributed by atoms with Crippen molar-refractivity contribution in [2.75, 3.05) is 19.8 Å². The normalized spacial score (nSPS) is 12.9. The number of carbonyl (C=O) groups excluding carboxylic acids is 1. The Morgan fingerprint density at radius 1 is 1.14 bits per heavy atom. The largest absolute Gasteiger partial charge is 0.380 e. The van der Waals surface area contributed by atoms with Gasteiger partial charge in [0, 0.05) is 11.8 Å². The number of hydrogen-bond donors (Lipinski definition) is 1. The van der Waals surface area contributed by atoms with Gasteiger partial charge in [0.25, 0.3) is 0 Å². The zero-order valence-electron chi connectivity index (χ0n) is 9.93. The van der Waals surface area contributed by atoms with Crippen molar-refractivity contribution < 1.29 is 15.3 Å². The molecule has 0 amide bonds. The Balaban J connectivity index is 3.78. The fourth-order valence-corrected chi connectivity index (χ4v) is 0.960. The fraction of sp³-hybridized carbons (Fsp3) is 0.909. The lowest BCUT2D eigenvalue weighted by atomic mass is 9.91. The summed E-state index contributed by atoms with van der Waals surface area (Å²) in [5, 5.41) is 0. The van der Waals surface area contributed by atoms with Crippen LogP contribution in [0.15, 0.2) is 0 Å². The number of quaternary nitrogens is 1. The molecule has 0 aliphatic rings. The molecule has 84 valence electrons. The molecular weight excluding hydrogens is 178 g/mol. The first-order valence-corrected chi connectivity index (χ1v) is 5.14. The van der Waals surface area contributed by atoms with Crippen molar-refractivity contribution in [3.63, 3.8) is 0 Å². The van der Waals surface area contributed by atoms with E-state index in [1.54, 1.807) is 0 Å². The maximum Gasteiger partial charge on any atom is 0.120 e. The second-order valence-corrected chi connectivity index (χ2v) is 5.44. The van der Waals surface area contributed by atoms with Crippen LogP contribution in [0.2, 0.25) is 0 Å². The van der Waals surface area contributed by atoms with Gasteiger partial charge in [-0.2, -0.15) is 0 Å². The SMILES string of the molecule is CC(C)(C[NH3+])COCC(C)(C)CC=O. The quantitative estimate of drug-likeness (QED) is 0.623. The van der Waals surface area contributed by atoms with Gasteiger partial charge < -0.3 is 15.3 Å². The molecule has 0 fully saturated rings. The van der Waals surface area contributed by atoms with Crippen molar-refractivity contribution in [3.05, 3.63) is 0 Å². The smallest absolute Gasteiger partial charge is 0.120 e. The van der Waals surface area contributed by atoms with Crippen molar-refractivity contribution >= 4 is 6.29 Å². The molecule has 0 aromatic rings. The molecule has 0 heterocycles. The third-order valence-electron chi connectivity index (χ3n) is 2.30. The average molecular weight is 202 g/mol. The van der Waals surface area contributed by atoms with Gasteiger partial charge in [-0.15, -0.1) is 0 Å². The second kappa shape index (κ2) is 5.47. The Kier molecular flexibility index (Phi) is 5.31. The first-order valence-electron chi connectivity index (χ1n) is 5.14. The summed E-state index contributed by atoms with van der Waals surface area (Å²) in [7, 11) is 0. The van der Waals surface area contributed by atoms with Crippen molar-refractivity contribution in [2.45, 2.75) is 34.1 Å². The van der Waals surface area contributed by atoms with E-state index < -0.39 is 0 Å². The van der Waals surface area contributed by atoms with Gasteiger partial charge in [0.2, 0.25) is 0 Å². The molecule has 0 unspecified atom stereocenters. The van der Waals surface area contributed by atoms with Crippen LogP contribution in [-0.4, -0.2) is 26.0 Å². The predicted molar refractivity (Wildman–Crippen MR) is 56.8 cm³/mol. The maximum atomic E-state index is 10.4. The molecule has 0 aliphatic carbocycles. The van der Waals surface area contributed by atoms with Gasteiger partial charge in [-0.25, -0.2) is 0 Å². The number of ether oxygens (including phenoxy) is 1. The molecule has 0 bridgehead atoms. The Hall–Kier alpha value is -0.410. The van der Waals surface area contributed by atoms with Crippen LogP contribution < -0.4 is 5.73 Å². The molecule has 0 radical (unpaired) electrons. The Morgan fingerprint density at radius 3 is 2.07 bits per heavy atom. The Morgan fingerprint density at radius 2 is 1.64 bits per heavy atom. The molecule has 0 saturated heterocycles. The molecule has 14 heavy (non-hydrogen) atoms. The first kappa shape index (κ1) is 13.6. The fourth-order valence-electron chi connectivity index (χ4n) is 0.960. The van der Waals surface area contributed by atoms with Crippen LogP contribution in [0.5, 0.6) is 0 Å². The highest BCUT2D eigenvalue weighted by Crippen LogP contribution is 2.21. The lowest BCUT2D eigenvalue weighted by Gasteiger charge is -2.25. The lowest BCUT2D eigenvalue weighted by Crippen LogP contribution is -2.57. The summed E-state index contributed by atoms with van der Waals surface area (Å²) < 4.78 is 5.61. The van der Waals surface area contributed by atoms with Crippen molar-refractivity contribution in [1.29, 1.82) is 0 Å². The highest BCUT2D eigenvalue weighted by atomic mass is 16.5. The molecule has 0 spiro atoms. The van der Waals surface area contributed by atoms with E-state index in [0.29, 0.717) is 19.6 Å². The molecule has 0 aliphatic heterocycles. The van der Waals surface area contributed by atoms with Crippen molar-refractivity contribution in [1.82, 2.24) is 0 Å². The highest BCUT2D eigenvalue weighted by Gasteiger charge is 2.22. The van der Waals surface area contributed by atoms with E-state index in [2.05, 4.69) is 19.6 Å². The molecule has 3 nitrogen and oxygen atoms in total. The van der Waals surface area contributed by atoms with E-state index in [4.69, 9.17) is 4.74 Å². The first-order chi connectivity index (χ1) is 6.33. The van der Waals surface area contributed by atoms with Crippen LogP contribution in [-0.2, 0) is 9.53 Å². The summed E-state index contributed by atoms with van der Waals surface area (Å²) in [5.41, 5.74) is 3.97. The number of rotatable bonds is 7. The van der Waals surface area contributed by atoms with Gasteiger partial charge >= 0.3 is 0 Å². The second-order valence-electron chi connectivity index (χ2n) is 5.44. The lowest BCUT2D eigenvalue weighted by molar-refractivity contribution is -0.392. The van der Waals surface area contributed by atoms with Gasteiger partial charge in [-0.05, 0) is 5.41 Å². The van der Waals surface area contributed by atoms with E-state index in [9.17, 15) is 4.79 Å². The van der Waals surface area contributed by atoms with E-state index in [1.807, 2.05) is 13.8 Å². The number of carbonyl (C=O) groups is 1. The van der Waals surface area contributed by atoms with Crippen molar-refractivity contribution in [3.8, 4) is 0 Å². The molecule has 0 atom stereocenters. The van der Waals surface area contributed by atoms with Crippen LogP contribution in [0.4, 0.5) is 0 Å². The van der Waals surface area contributed by atoms with Gasteiger partial charge in [0.15, 0.2) is 0 Å². The number of hydrogen-bond acceptors (Lipinski definition) is 2. The minimum absolute atomic E-state index is 0.0427. The molecular formula is C11H24NO2+. The summed E-state index contributed by atoms with van der Waals surface area (Å²) >= 11 is 0. The van der Waals surface area contributed by atoms with Gasteiger partial charge in [0.1, 0.15) is 6.29 Å². The average Bonchev–Trinajstić information content (AvgIpc) is 2.03. The monoisotopic (exact) mass is 202 g/mol. The molecule has 3 heteroatoms. The van der Waals surface area contributed by atoms with Crippen LogP contribution >= 0.6 is 0 Å². The van der Waals surface area contributed by atoms with Crippen LogP contribution in [0, 0.1) is 10.8 Å². The molecule has 0 aromatic heterocycles. The van der Waals surface area contributed by atoms with Crippen LogP contribution in [0.25, 0.3) is 0 Å². The van der Waals surface area contributed by atoms with Crippen LogP contribution in [0.1, 0.15) is 34.1 Å². The standard InChI is InChI=1S/C11H23NO2/c1-10(2,5-6-13)8-14-9-11(3,4)7-12/h6H,5,7-9,12H2,1-4H3/p+1. The van der Waals surface area contributed by atoms with E-state index in [0.717, 1.165) is 12.8 Å². The topological polar surface area (TPSA) is 53.9 Å². The molecule has 0 rings (SSSR count). The van der Waals surface area contributed by atoms with Crippen LogP contribution in [0.3, 0.4) is 0 Å². The van der Waals surface area contributed by atoms with Gasteiger partial charge in [-0.3, -0.25) is 0 Å².